The number of amides is 4. The van der Waals surface area contributed by atoms with Gasteiger partial charge in [-0.1, -0.05) is 42.5 Å². The minimum Gasteiger partial charge on any atom is -0.481 e. The summed E-state index contributed by atoms with van der Waals surface area (Å²) >= 11 is 0. The van der Waals surface area contributed by atoms with Crippen LogP contribution in [0.5, 0.6) is 0 Å². The summed E-state index contributed by atoms with van der Waals surface area (Å²) in [7, 11) is 0. The average molecular weight is 468 g/mol. The maximum atomic E-state index is 13.1. The Balaban J connectivity index is 1.81. The zero-order valence-electron chi connectivity index (χ0n) is 18.1. The Hall–Kier alpha value is -4.41. The van der Waals surface area contributed by atoms with Crippen molar-refractivity contribution in [3.63, 3.8) is 0 Å². The molecule has 1 aliphatic heterocycles. The predicted octanol–water partition coefficient (Wildman–Crippen LogP) is 1.20. The van der Waals surface area contributed by atoms with E-state index < -0.39 is 48.3 Å². The van der Waals surface area contributed by atoms with E-state index in [9.17, 15) is 29.1 Å². The van der Waals surface area contributed by atoms with E-state index in [0.717, 1.165) is 0 Å². The summed E-state index contributed by atoms with van der Waals surface area (Å²) in [5.74, 6) is -3.78. The van der Waals surface area contributed by atoms with Crippen LogP contribution < -0.4 is 20.9 Å². The molecule has 3 rings (SSSR count). The SMILES string of the molecule is O=C(O)CC[C@@H](NC(=O)[C@H](Cc1ccccc1)NC(=O)N1CC(=O)Nc2ccccc21)C(=O)O. The molecule has 0 bridgehead atoms. The van der Waals surface area contributed by atoms with Crippen molar-refractivity contribution < 1.29 is 34.2 Å². The monoisotopic (exact) mass is 468 g/mol. The molecule has 2 atom stereocenters. The number of aliphatic carboxylic acids is 2. The third kappa shape index (κ3) is 6.31. The van der Waals surface area contributed by atoms with E-state index in [0.29, 0.717) is 16.9 Å². The second-order valence-corrected chi connectivity index (χ2v) is 7.68. The number of carboxylic acid groups (broad SMARTS) is 2. The lowest BCUT2D eigenvalue weighted by molar-refractivity contribution is -0.143. The Bertz CT molecular complexity index is 1090. The highest BCUT2D eigenvalue weighted by molar-refractivity contribution is 6.10. The molecule has 2 aromatic rings. The number of nitrogens with zero attached hydrogens (tertiary/aromatic N) is 1. The van der Waals surface area contributed by atoms with E-state index >= 15 is 0 Å². The van der Waals surface area contributed by atoms with Crippen LogP contribution in [0.15, 0.2) is 54.6 Å². The highest BCUT2D eigenvalue weighted by Gasteiger charge is 2.31. The first-order valence-electron chi connectivity index (χ1n) is 10.5. The van der Waals surface area contributed by atoms with Gasteiger partial charge in [-0.25, -0.2) is 9.59 Å². The zero-order valence-corrected chi connectivity index (χ0v) is 18.1. The number of carbonyl (C=O) groups excluding carboxylic acids is 3. The Morgan fingerprint density at radius 2 is 1.62 bits per heavy atom. The van der Waals surface area contributed by atoms with Gasteiger partial charge in [0.2, 0.25) is 11.8 Å². The van der Waals surface area contributed by atoms with Crippen LogP contribution in [0.3, 0.4) is 0 Å². The second-order valence-electron chi connectivity index (χ2n) is 7.68. The molecule has 4 amide bonds. The van der Waals surface area contributed by atoms with Crippen molar-refractivity contribution in [1.29, 1.82) is 0 Å². The molecule has 0 unspecified atom stereocenters. The minimum absolute atomic E-state index is 0.0470. The van der Waals surface area contributed by atoms with Crippen LogP contribution in [0.4, 0.5) is 16.2 Å². The summed E-state index contributed by atoms with van der Waals surface area (Å²) in [4.78, 5) is 61.7. The fraction of sp³-hybridized carbons (Fsp3) is 0.261. The number of rotatable bonds is 9. The normalized spacial score (nSPS) is 14.2. The number of fused-ring (bicyclic) bond motifs is 1. The van der Waals surface area contributed by atoms with Crippen molar-refractivity contribution in [1.82, 2.24) is 10.6 Å². The number of nitrogens with one attached hydrogen (secondary N) is 3. The van der Waals surface area contributed by atoms with Crippen molar-refractivity contribution in [2.45, 2.75) is 31.3 Å². The van der Waals surface area contributed by atoms with E-state index in [1.54, 1.807) is 54.6 Å². The lowest BCUT2D eigenvalue weighted by atomic mass is 10.0. The van der Waals surface area contributed by atoms with Gasteiger partial charge in [0.05, 0.1) is 11.4 Å². The lowest BCUT2D eigenvalue weighted by Crippen LogP contribution is -2.56. The zero-order chi connectivity index (χ0) is 24.7. The maximum Gasteiger partial charge on any atom is 0.326 e. The van der Waals surface area contributed by atoms with Crippen LogP contribution >= 0.6 is 0 Å². The highest BCUT2D eigenvalue weighted by atomic mass is 16.4. The van der Waals surface area contributed by atoms with Gasteiger partial charge in [-0.3, -0.25) is 19.3 Å². The Labute approximate surface area is 194 Å². The number of benzene rings is 2. The quantitative estimate of drug-likeness (QED) is 0.369. The number of anilines is 2. The largest absolute Gasteiger partial charge is 0.481 e. The predicted molar refractivity (Wildman–Crippen MR) is 121 cm³/mol. The van der Waals surface area contributed by atoms with Gasteiger partial charge in [-0.15, -0.1) is 0 Å². The number of urea groups is 1. The number of hydrogen-bond acceptors (Lipinski definition) is 5. The maximum absolute atomic E-state index is 13.1. The molecule has 0 spiro atoms. The molecule has 178 valence electrons. The van der Waals surface area contributed by atoms with E-state index in [2.05, 4.69) is 16.0 Å². The molecular weight excluding hydrogens is 444 g/mol. The number of para-hydroxylation sites is 2. The van der Waals surface area contributed by atoms with Gasteiger partial charge < -0.3 is 26.2 Å². The summed E-state index contributed by atoms with van der Waals surface area (Å²) in [6.45, 7) is -0.265. The first-order valence-corrected chi connectivity index (χ1v) is 10.5. The first-order chi connectivity index (χ1) is 16.2. The highest BCUT2D eigenvalue weighted by Crippen LogP contribution is 2.28. The standard InChI is InChI=1S/C23H24N4O7/c28-19-13-27(18-9-5-4-8-15(18)24-19)23(34)26-17(12-14-6-2-1-3-7-14)21(31)25-16(22(32)33)10-11-20(29)30/h1-9,16-17H,10-13H2,(H,24,28)(H,25,31)(H,26,34)(H,29,30)(H,32,33)/t16-,17+/m1/s1. The summed E-state index contributed by atoms with van der Waals surface area (Å²) < 4.78 is 0. The first kappa shape index (κ1) is 24.2. The molecule has 11 heteroatoms. The summed E-state index contributed by atoms with van der Waals surface area (Å²) in [6, 6.07) is 12.1. The van der Waals surface area contributed by atoms with Crippen molar-refractivity contribution in [2.24, 2.45) is 0 Å². The minimum atomic E-state index is -1.44. The van der Waals surface area contributed by atoms with Crippen molar-refractivity contribution in [3.8, 4) is 0 Å². The van der Waals surface area contributed by atoms with Gasteiger partial charge in [0, 0.05) is 12.8 Å². The molecule has 1 aliphatic rings. The fourth-order valence-corrected chi connectivity index (χ4v) is 3.50. The summed E-state index contributed by atoms with van der Waals surface area (Å²) in [6.07, 6.45) is -0.722. The molecule has 0 saturated heterocycles. The molecule has 2 aromatic carbocycles. The van der Waals surface area contributed by atoms with Gasteiger partial charge in [-0.2, -0.15) is 0 Å². The smallest absolute Gasteiger partial charge is 0.326 e. The molecule has 0 aliphatic carbocycles. The van der Waals surface area contributed by atoms with Crippen molar-refractivity contribution in [3.05, 3.63) is 60.2 Å². The van der Waals surface area contributed by atoms with Crippen LogP contribution in [0.1, 0.15) is 18.4 Å². The summed E-state index contributed by atoms with van der Waals surface area (Å²) in [5, 5.41) is 25.8. The van der Waals surface area contributed by atoms with Crippen LogP contribution in [0.25, 0.3) is 0 Å². The third-order valence-electron chi connectivity index (χ3n) is 5.17. The van der Waals surface area contributed by atoms with Gasteiger partial charge in [-0.05, 0) is 24.1 Å². The fourth-order valence-electron chi connectivity index (χ4n) is 3.50. The molecule has 0 radical (unpaired) electrons. The molecular formula is C23H24N4O7. The van der Waals surface area contributed by atoms with Crippen LogP contribution in [-0.2, 0) is 25.6 Å². The molecule has 11 nitrogen and oxygen atoms in total. The molecule has 1 heterocycles. The molecule has 0 saturated carbocycles. The van der Waals surface area contributed by atoms with Gasteiger partial charge in [0.15, 0.2) is 0 Å². The van der Waals surface area contributed by atoms with E-state index in [4.69, 9.17) is 5.11 Å². The summed E-state index contributed by atoms with van der Waals surface area (Å²) in [5.41, 5.74) is 1.60. The van der Waals surface area contributed by atoms with E-state index in [1.807, 2.05) is 0 Å². The van der Waals surface area contributed by atoms with Gasteiger partial charge in [0.1, 0.15) is 18.6 Å². The molecule has 0 fully saturated rings. The lowest BCUT2D eigenvalue weighted by Gasteiger charge is -2.31. The second kappa shape index (κ2) is 10.9. The van der Waals surface area contributed by atoms with Crippen LogP contribution in [0, 0.1) is 0 Å². The van der Waals surface area contributed by atoms with Crippen LogP contribution in [0.2, 0.25) is 0 Å². The Kier molecular flexibility index (Phi) is 7.80. The Morgan fingerprint density at radius 3 is 2.29 bits per heavy atom. The third-order valence-corrected chi connectivity index (χ3v) is 5.17. The van der Waals surface area contributed by atoms with Crippen molar-refractivity contribution >= 4 is 41.2 Å². The van der Waals surface area contributed by atoms with E-state index in [-0.39, 0.29) is 19.4 Å². The Morgan fingerprint density at radius 1 is 0.941 bits per heavy atom. The molecule has 34 heavy (non-hydrogen) atoms. The van der Waals surface area contributed by atoms with Crippen LogP contribution in [-0.4, -0.2) is 58.6 Å². The topological polar surface area (TPSA) is 165 Å². The molecule has 5 N–H and O–H groups in total. The van der Waals surface area contributed by atoms with Gasteiger partial charge >= 0.3 is 18.0 Å². The number of carbonyl (C=O) groups is 5. The number of carboxylic acids is 2. The molecule has 0 aromatic heterocycles. The van der Waals surface area contributed by atoms with Crippen molar-refractivity contribution in [2.75, 3.05) is 16.8 Å². The number of hydrogen-bond donors (Lipinski definition) is 5. The van der Waals surface area contributed by atoms with Gasteiger partial charge in [0.25, 0.3) is 0 Å². The van der Waals surface area contributed by atoms with E-state index in [1.165, 1.54) is 4.90 Å². The average Bonchev–Trinajstić information content (AvgIpc) is 2.80.